The van der Waals surface area contributed by atoms with E-state index in [1.807, 2.05) is 0 Å². The second-order valence-corrected chi connectivity index (χ2v) is 11.2. The van der Waals surface area contributed by atoms with Crippen LogP contribution in [0.5, 0.6) is 0 Å². The van der Waals surface area contributed by atoms with Gasteiger partial charge in [0.2, 0.25) is 0 Å². The van der Waals surface area contributed by atoms with Crippen LogP contribution in [0.15, 0.2) is 47.4 Å². The first kappa shape index (κ1) is 22.6. The molecular weight excluding hydrogens is 487 g/mol. The summed E-state index contributed by atoms with van der Waals surface area (Å²) >= 11 is 6.28. The molecular formula is C22H18ClF5N2O2S. The number of rotatable bonds is 4. The quantitative estimate of drug-likeness (QED) is 0.386. The molecule has 2 aliphatic carbocycles. The van der Waals surface area contributed by atoms with E-state index in [9.17, 15) is 26.0 Å². The van der Waals surface area contributed by atoms with E-state index in [4.69, 9.17) is 11.6 Å². The van der Waals surface area contributed by atoms with Crippen LogP contribution >= 0.6 is 11.6 Å². The molecule has 176 valence electrons. The first-order valence-corrected chi connectivity index (χ1v) is 12.0. The average Bonchev–Trinajstić information content (AvgIpc) is 3.30. The Morgan fingerprint density at radius 1 is 1.03 bits per heavy atom. The zero-order valence-corrected chi connectivity index (χ0v) is 18.8. The molecule has 1 atom stereocenters. The van der Waals surface area contributed by atoms with E-state index in [-0.39, 0.29) is 39.2 Å². The van der Waals surface area contributed by atoms with Crippen molar-refractivity contribution in [1.82, 2.24) is 9.19 Å². The van der Waals surface area contributed by atoms with Gasteiger partial charge in [-0.2, -0.15) is 17.6 Å². The summed E-state index contributed by atoms with van der Waals surface area (Å²) in [7, 11) is -4.48. The van der Waals surface area contributed by atoms with Crippen LogP contribution in [-0.4, -0.2) is 23.5 Å². The predicted molar refractivity (Wildman–Crippen MR) is 112 cm³/mol. The normalized spacial score (nSPS) is 24.0. The van der Waals surface area contributed by atoms with Crippen LogP contribution in [0, 0.1) is 5.41 Å². The summed E-state index contributed by atoms with van der Waals surface area (Å²) < 4.78 is 99.3. The van der Waals surface area contributed by atoms with Crippen molar-refractivity contribution in [3.63, 3.8) is 0 Å². The maximum atomic E-state index is 16.4. The van der Waals surface area contributed by atoms with Gasteiger partial charge < -0.3 is 0 Å². The predicted octanol–water partition coefficient (Wildman–Crippen LogP) is 6.41. The Morgan fingerprint density at radius 2 is 1.67 bits per heavy atom. The minimum atomic E-state index is -4.48. The van der Waals surface area contributed by atoms with Crippen molar-refractivity contribution in [2.75, 3.05) is 0 Å². The number of fused-ring (bicyclic) bond motifs is 1. The highest BCUT2D eigenvalue weighted by Gasteiger charge is 2.73. The first-order chi connectivity index (χ1) is 15.2. The molecule has 0 amide bonds. The largest absolute Gasteiger partial charge is 0.283 e. The van der Waals surface area contributed by atoms with Gasteiger partial charge in [-0.3, -0.25) is 0 Å². The summed E-state index contributed by atoms with van der Waals surface area (Å²) in [5.74, 6) is -6.43. The zero-order valence-electron chi connectivity index (χ0n) is 17.3. The van der Waals surface area contributed by atoms with Crippen molar-refractivity contribution in [1.29, 1.82) is 0 Å². The zero-order chi connectivity index (χ0) is 24.0. The molecule has 1 aromatic heterocycles. The van der Waals surface area contributed by atoms with Crippen molar-refractivity contribution in [3.05, 3.63) is 58.7 Å². The van der Waals surface area contributed by atoms with Crippen LogP contribution in [0.1, 0.15) is 43.9 Å². The lowest BCUT2D eigenvalue weighted by Crippen LogP contribution is -2.28. The Bertz CT molecular complexity index is 1380. The van der Waals surface area contributed by atoms with Gasteiger partial charge in [0.05, 0.1) is 21.9 Å². The van der Waals surface area contributed by atoms with Gasteiger partial charge in [-0.25, -0.2) is 22.0 Å². The summed E-state index contributed by atoms with van der Waals surface area (Å²) in [4.78, 5) is -0.364. The molecule has 1 heterocycles. The molecule has 1 spiro atoms. The van der Waals surface area contributed by atoms with Gasteiger partial charge in [0.25, 0.3) is 21.9 Å². The van der Waals surface area contributed by atoms with Gasteiger partial charge >= 0.3 is 0 Å². The van der Waals surface area contributed by atoms with Gasteiger partial charge in [-0.1, -0.05) is 29.8 Å². The fraction of sp³-hybridized carbons (Fsp3) is 0.409. The number of nitrogens with zero attached hydrogens (tertiary/aromatic N) is 2. The molecule has 4 nitrogen and oxygen atoms in total. The maximum Gasteiger partial charge on any atom is 0.283 e. The Kier molecular flexibility index (Phi) is 4.58. The van der Waals surface area contributed by atoms with Crippen LogP contribution in [-0.2, 0) is 21.6 Å². The standard InChI is InChI=1S/C22H18ClF5N2O2S/c1-19(24,25)13-5-7-14(8-6-13)33(31,32)30-16-4-2-3-15(23)17(16)18(29-30)22(28)12-21(26,27)11-20(22)9-10-20/h2-8H,9-12H2,1H3. The Labute approximate surface area is 191 Å². The van der Waals surface area contributed by atoms with Gasteiger partial charge in [0.15, 0.2) is 5.67 Å². The fourth-order valence-corrected chi connectivity index (χ4v) is 6.42. The average molecular weight is 505 g/mol. The van der Waals surface area contributed by atoms with Crippen molar-refractivity contribution >= 4 is 32.5 Å². The maximum absolute atomic E-state index is 16.4. The van der Waals surface area contributed by atoms with Crippen molar-refractivity contribution < 1.29 is 30.4 Å². The summed E-state index contributed by atoms with van der Waals surface area (Å²) in [6, 6.07) is 8.12. The highest BCUT2D eigenvalue weighted by atomic mass is 35.5. The molecule has 11 heteroatoms. The van der Waals surface area contributed by atoms with Gasteiger partial charge in [0.1, 0.15) is 5.69 Å². The minimum absolute atomic E-state index is 0.0204. The minimum Gasteiger partial charge on any atom is -0.236 e. The van der Waals surface area contributed by atoms with Crippen LogP contribution in [0.25, 0.3) is 10.9 Å². The third-order valence-corrected chi connectivity index (χ3v) is 8.60. The number of halogens is 6. The number of alkyl halides is 5. The lowest BCUT2D eigenvalue weighted by molar-refractivity contribution is -0.0109. The number of hydrogen-bond donors (Lipinski definition) is 0. The summed E-state index contributed by atoms with van der Waals surface area (Å²) in [6.45, 7) is 0.678. The van der Waals surface area contributed by atoms with Crippen LogP contribution < -0.4 is 0 Å². The third kappa shape index (κ3) is 3.28. The van der Waals surface area contributed by atoms with Crippen LogP contribution in [0.4, 0.5) is 22.0 Å². The Morgan fingerprint density at radius 3 is 2.24 bits per heavy atom. The van der Waals surface area contributed by atoms with E-state index in [2.05, 4.69) is 5.10 Å². The van der Waals surface area contributed by atoms with Crippen LogP contribution in [0.2, 0.25) is 5.02 Å². The summed E-state index contributed by atoms with van der Waals surface area (Å²) in [5, 5.41) is 3.94. The van der Waals surface area contributed by atoms with E-state index in [1.54, 1.807) is 0 Å². The molecule has 2 aliphatic rings. The van der Waals surface area contributed by atoms with E-state index in [0.29, 0.717) is 11.0 Å². The van der Waals surface area contributed by atoms with E-state index < -0.39 is 51.5 Å². The van der Waals surface area contributed by atoms with Gasteiger partial charge in [0, 0.05) is 29.7 Å². The van der Waals surface area contributed by atoms with E-state index >= 15 is 4.39 Å². The van der Waals surface area contributed by atoms with E-state index in [0.717, 1.165) is 24.3 Å². The molecule has 5 rings (SSSR count). The molecule has 0 radical (unpaired) electrons. The second kappa shape index (κ2) is 6.69. The lowest BCUT2D eigenvalue weighted by Gasteiger charge is -2.25. The van der Waals surface area contributed by atoms with E-state index in [1.165, 1.54) is 18.2 Å². The molecule has 0 saturated heterocycles. The molecule has 1 unspecified atom stereocenters. The monoisotopic (exact) mass is 504 g/mol. The third-order valence-electron chi connectivity index (χ3n) is 6.68. The fourth-order valence-electron chi connectivity index (χ4n) is 4.88. The highest BCUT2D eigenvalue weighted by molar-refractivity contribution is 7.90. The van der Waals surface area contributed by atoms with Crippen molar-refractivity contribution in [3.8, 4) is 0 Å². The van der Waals surface area contributed by atoms with Crippen LogP contribution in [0.3, 0.4) is 0 Å². The molecule has 0 bridgehead atoms. The molecule has 2 fully saturated rings. The summed E-state index contributed by atoms with van der Waals surface area (Å²) in [6.07, 6.45) is -1.29. The number of benzene rings is 2. The first-order valence-electron chi connectivity index (χ1n) is 10.2. The Hall–Kier alpha value is -2.20. The molecule has 2 saturated carbocycles. The highest BCUT2D eigenvalue weighted by Crippen LogP contribution is 2.72. The van der Waals surface area contributed by atoms with Crippen molar-refractivity contribution in [2.45, 2.75) is 55.0 Å². The second-order valence-electron chi connectivity index (χ2n) is 9.03. The van der Waals surface area contributed by atoms with Gasteiger partial charge in [-0.15, -0.1) is 0 Å². The molecule has 3 aromatic rings. The lowest BCUT2D eigenvalue weighted by atomic mass is 9.85. The number of aromatic nitrogens is 2. The van der Waals surface area contributed by atoms with Crippen molar-refractivity contribution in [2.24, 2.45) is 5.41 Å². The smallest absolute Gasteiger partial charge is 0.236 e. The van der Waals surface area contributed by atoms with Gasteiger partial charge in [-0.05, 0) is 37.1 Å². The summed E-state index contributed by atoms with van der Waals surface area (Å²) in [5.41, 5.74) is -4.78. The molecule has 2 aromatic carbocycles. The molecule has 33 heavy (non-hydrogen) atoms. The Balaban J connectivity index is 1.71. The molecule has 0 aliphatic heterocycles. The molecule has 0 N–H and O–H groups in total. The number of hydrogen-bond acceptors (Lipinski definition) is 3. The SMILES string of the molecule is CC(F)(F)c1ccc(S(=O)(=O)n2nc(C3(F)CC(F)(F)CC34CC4)c3c(Cl)cccc32)cc1. The topological polar surface area (TPSA) is 52.0 Å².